The molecule has 7 nitrogen and oxygen atoms in total. The molecule has 1 saturated heterocycles. The minimum absolute atomic E-state index is 0.00364. The number of H-pyrrole nitrogens is 1. The number of nitrogens with one attached hydrogen (secondary N) is 1. The zero-order valence-corrected chi connectivity index (χ0v) is 17.0. The number of anilines is 1. The van der Waals surface area contributed by atoms with Crippen molar-refractivity contribution in [1.82, 2.24) is 20.0 Å². The molecule has 8 heteroatoms. The molecule has 1 fully saturated rings. The van der Waals surface area contributed by atoms with Crippen LogP contribution in [0.2, 0.25) is 0 Å². The summed E-state index contributed by atoms with van der Waals surface area (Å²) in [6.07, 6.45) is 2.53. The topological polar surface area (TPSA) is 72.5 Å². The van der Waals surface area contributed by atoms with Crippen LogP contribution in [0.4, 0.5) is 10.1 Å². The summed E-state index contributed by atoms with van der Waals surface area (Å²) in [5, 5.41) is 7.20. The number of carbonyl (C=O) groups excluding carboxylic acids is 2. The highest BCUT2D eigenvalue weighted by Gasteiger charge is 2.28. The van der Waals surface area contributed by atoms with E-state index in [4.69, 9.17) is 0 Å². The second-order valence-corrected chi connectivity index (χ2v) is 7.93. The SMILES string of the molecule is CC(=O)N1CCN(Cc2c[nH]nc2-c2ccc3c(c2F)CCC(=O)N3C)CC1C. The van der Waals surface area contributed by atoms with Crippen LogP contribution in [0.15, 0.2) is 18.3 Å². The molecule has 1 aromatic carbocycles. The lowest BCUT2D eigenvalue weighted by Gasteiger charge is -2.39. The summed E-state index contributed by atoms with van der Waals surface area (Å²) in [6, 6.07) is 3.65. The van der Waals surface area contributed by atoms with Gasteiger partial charge in [-0.2, -0.15) is 5.10 Å². The maximum atomic E-state index is 15.3. The molecule has 1 aromatic heterocycles. The number of piperazine rings is 1. The molecular weight excluding hydrogens is 373 g/mol. The molecule has 2 aliphatic heterocycles. The molecule has 29 heavy (non-hydrogen) atoms. The fourth-order valence-corrected chi connectivity index (χ4v) is 4.43. The molecule has 1 N–H and O–H groups in total. The minimum Gasteiger partial charge on any atom is -0.338 e. The Labute approximate surface area is 169 Å². The maximum absolute atomic E-state index is 15.3. The van der Waals surface area contributed by atoms with E-state index >= 15 is 4.39 Å². The number of hydrogen-bond acceptors (Lipinski definition) is 4. The quantitative estimate of drug-likeness (QED) is 0.859. The Morgan fingerprint density at radius 1 is 1.31 bits per heavy atom. The van der Waals surface area contributed by atoms with Crippen LogP contribution in [0.1, 0.15) is 31.4 Å². The van der Waals surface area contributed by atoms with Gasteiger partial charge in [0.2, 0.25) is 11.8 Å². The summed E-state index contributed by atoms with van der Waals surface area (Å²) < 4.78 is 15.3. The van der Waals surface area contributed by atoms with E-state index in [1.165, 1.54) is 4.90 Å². The van der Waals surface area contributed by atoms with Crippen molar-refractivity contribution in [2.45, 2.75) is 39.3 Å². The standard InChI is InChI=1S/C21H26FN5O2/c1-13-11-26(8-9-27(13)14(2)28)12-15-10-23-24-21(15)17-4-6-18-16(20(17)22)5-7-19(29)25(18)3/h4,6,10,13H,5,7-9,11-12H2,1-3H3,(H,23,24). The van der Waals surface area contributed by atoms with Gasteiger partial charge < -0.3 is 9.80 Å². The van der Waals surface area contributed by atoms with Gasteiger partial charge in [-0.1, -0.05) is 0 Å². The van der Waals surface area contributed by atoms with Gasteiger partial charge >= 0.3 is 0 Å². The largest absolute Gasteiger partial charge is 0.338 e. The zero-order chi connectivity index (χ0) is 20.7. The van der Waals surface area contributed by atoms with Crippen LogP contribution in [0.3, 0.4) is 0 Å². The third kappa shape index (κ3) is 3.53. The summed E-state index contributed by atoms with van der Waals surface area (Å²) >= 11 is 0. The Balaban J connectivity index is 1.58. The molecule has 3 heterocycles. The third-order valence-electron chi connectivity index (χ3n) is 6.03. The van der Waals surface area contributed by atoms with E-state index in [9.17, 15) is 9.59 Å². The van der Waals surface area contributed by atoms with E-state index in [1.54, 1.807) is 26.1 Å². The second kappa shape index (κ2) is 7.59. The predicted molar refractivity (Wildman–Crippen MR) is 108 cm³/mol. The number of hydrogen-bond donors (Lipinski definition) is 1. The highest BCUT2D eigenvalue weighted by molar-refractivity contribution is 5.96. The summed E-state index contributed by atoms with van der Waals surface area (Å²) in [7, 11) is 1.68. The van der Waals surface area contributed by atoms with Gasteiger partial charge in [-0.3, -0.25) is 19.6 Å². The van der Waals surface area contributed by atoms with Gasteiger partial charge in [0.15, 0.2) is 0 Å². The summed E-state index contributed by atoms with van der Waals surface area (Å²) in [5.74, 6) is -0.199. The van der Waals surface area contributed by atoms with Crippen molar-refractivity contribution >= 4 is 17.5 Å². The number of rotatable bonds is 3. The molecule has 154 valence electrons. The first kappa shape index (κ1) is 19.6. The number of carbonyl (C=O) groups is 2. The zero-order valence-electron chi connectivity index (χ0n) is 17.0. The Morgan fingerprint density at radius 3 is 2.83 bits per heavy atom. The van der Waals surface area contributed by atoms with E-state index in [1.807, 2.05) is 18.0 Å². The maximum Gasteiger partial charge on any atom is 0.227 e. The Kier molecular flexibility index (Phi) is 5.12. The average Bonchev–Trinajstić information content (AvgIpc) is 3.13. The van der Waals surface area contributed by atoms with Crippen molar-refractivity contribution in [1.29, 1.82) is 0 Å². The number of fused-ring (bicyclic) bond motifs is 1. The Bertz CT molecular complexity index is 957. The lowest BCUT2D eigenvalue weighted by Crippen LogP contribution is -2.53. The van der Waals surface area contributed by atoms with Crippen LogP contribution < -0.4 is 4.90 Å². The molecule has 0 radical (unpaired) electrons. The van der Waals surface area contributed by atoms with Crippen molar-refractivity contribution in [3.8, 4) is 11.3 Å². The van der Waals surface area contributed by atoms with Crippen LogP contribution in [0, 0.1) is 5.82 Å². The number of aromatic nitrogens is 2. The van der Waals surface area contributed by atoms with Gasteiger partial charge in [-0.15, -0.1) is 0 Å². The minimum atomic E-state index is -0.301. The summed E-state index contributed by atoms with van der Waals surface area (Å²) in [4.78, 5) is 29.3. The van der Waals surface area contributed by atoms with Crippen LogP contribution in [0.25, 0.3) is 11.3 Å². The van der Waals surface area contributed by atoms with Gasteiger partial charge in [0.05, 0.1) is 5.69 Å². The number of amides is 2. The van der Waals surface area contributed by atoms with E-state index in [2.05, 4.69) is 15.1 Å². The molecule has 0 bridgehead atoms. The fourth-order valence-electron chi connectivity index (χ4n) is 4.43. The molecule has 2 aliphatic rings. The predicted octanol–water partition coefficient (Wildman–Crippen LogP) is 2.18. The second-order valence-electron chi connectivity index (χ2n) is 7.93. The Morgan fingerprint density at radius 2 is 2.10 bits per heavy atom. The molecule has 2 aromatic rings. The smallest absolute Gasteiger partial charge is 0.227 e. The number of halogens is 1. The van der Waals surface area contributed by atoms with E-state index in [0.717, 1.165) is 18.7 Å². The van der Waals surface area contributed by atoms with E-state index < -0.39 is 0 Å². The van der Waals surface area contributed by atoms with Crippen molar-refractivity contribution in [2.75, 3.05) is 31.6 Å². The molecule has 4 rings (SSSR count). The first-order chi connectivity index (χ1) is 13.9. The van der Waals surface area contributed by atoms with Crippen LogP contribution in [0.5, 0.6) is 0 Å². The van der Waals surface area contributed by atoms with E-state index in [-0.39, 0.29) is 23.7 Å². The van der Waals surface area contributed by atoms with Gasteiger partial charge in [0.1, 0.15) is 5.82 Å². The van der Waals surface area contributed by atoms with Crippen molar-refractivity contribution in [3.05, 3.63) is 35.3 Å². The van der Waals surface area contributed by atoms with Gasteiger partial charge in [-0.05, 0) is 25.5 Å². The molecule has 2 amide bonds. The lowest BCUT2D eigenvalue weighted by atomic mass is 9.96. The van der Waals surface area contributed by atoms with E-state index in [0.29, 0.717) is 48.4 Å². The van der Waals surface area contributed by atoms with Crippen LogP contribution >= 0.6 is 0 Å². The van der Waals surface area contributed by atoms with Crippen molar-refractivity contribution < 1.29 is 14.0 Å². The van der Waals surface area contributed by atoms with Gasteiger partial charge in [0, 0.05) is 81.2 Å². The van der Waals surface area contributed by atoms with Gasteiger partial charge in [0.25, 0.3) is 0 Å². The molecular formula is C21H26FN5O2. The van der Waals surface area contributed by atoms with Gasteiger partial charge in [-0.25, -0.2) is 4.39 Å². The average molecular weight is 399 g/mol. The summed E-state index contributed by atoms with van der Waals surface area (Å²) in [6.45, 7) is 6.51. The molecule has 0 spiro atoms. The molecule has 1 atom stereocenters. The highest BCUT2D eigenvalue weighted by atomic mass is 19.1. The van der Waals surface area contributed by atoms with Crippen molar-refractivity contribution in [2.24, 2.45) is 0 Å². The Hall–Kier alpha value is -2.74. The third-order valence-corrected chi connectivity index (χ3v) is 6.03. The normalized spacial score (nSPS) is 20.1. The summed E-state index contributed by atoms with van der Waals surface area (Å²) in [5.41, 5.74) is 3.19. The first-order valence-corrected chi connectivity index (χ1v) is 9.97. The monoisotopic (exact) mass is 399 g/mol. The molecule has 0 aliphatic carbocycles. The lowest BCUT2D eigenvalue weighted by molar-refractivity contribution is -0.133. The molecule has 0 saturated carbocycles. The van der Waals surface area contributed by atoms with Crippen LogP contribution in [-0.4, -0.2) is 64.5 Å². The van der Waals surface area contributed by atoms with Crippen LogP contribution in [-0.2, 0) is 22.6 Å². The molecule has 1 unspecified atom stereocenters. The highest BCUT2D eigenvalue weighted by Crippen LogP contribution is 2.35. The number of nitrogens with zero attached hydrogens (tertiary/aromatic N) is 4. The number of benzene rings is 1. The fraction of sp³-hybridized carbons (Fsp3) is 0.476. The van der Waals surface area contributed by atoms with Crippen molar-refractivity contribution in [3.63, 3.8) is 0 Å². The first-order valence-electron chi connectivity index (χ1n) is 9.97. The number of aromatic amines is 1.